The molecule has 0 aliphatic carbocycles. The molecule has 0 aliphatic heterocycles. The van der Waals surface area contributed by atoms with Crippen LogP contribution in [0.1, 0.15) is 38.4 Å². The predicted molar refractivity (Wildman–Crippen MR) is 75.8 cm³/mol. The summed E-state index contributed by atoms with van der Waals surface area (Å²) < 4.78 is 20.3. The lowest BCUT2D eigenvalue weighted by molar-refractivity contribution is -0.144. The van der Waals surface area contributed by atoms with E-state index in [1.54, 1.807) is 19.2 Å². The summed E-state index contributed by atoms with van der Waals surface area (Å²) in [5.41, 5.74) is 7.35. The van der Waals surface area contributed by atoms with Crippen molar-refractivity contribution in [3.05, 3.63) is 35.8 Å². The van der Waals surface area contributed by atoms with Gasteiger partial charge in [0.2, 0.25) is 0 Å². The average Bonchev–Trinajstić information content (AvgIpc) is 2.76. The van der Waals surface area contributed by atoms with Gasteiger partial charge in [0.1, 0.15) is 11.9 Å². The minimum Gasteiger partial charge on any atom is -0.465 e. The monoisotopic (exact) mass is 278 g/mol. The highest BCUT2D eigenvalue weighted by molar-refractivity contribution is 5.90. The van der Waals surface area contributed by atoms with Crippen LogP contribution in [0.3, 0.4) is 0 Å². The molecule has 0 radical (unpaired) electrons. The van der Waals surface area contributed by atoms with E-state index >= 15 is 0 Å². The van der Waals surface area contributed by atoms with Crippen molar-refractivity contribution < 1.29 is 13.9 Å². The smallest absolute Gasteiger partial charge is 0.327 e. The van der Waals surface area contributed by atoms with E-state index in [0.29, 0.717) is 5.56 Å². The molecule has 0 saturated carbocycles. The Kier molecular flexibility index (Phi) is 4.09. The summed E-state index contributed by atoms with van der Waals surface area (Å²) in [5, 5.41) is 0.778. The van der Waals surface area contributed by atoms with E-state index in [-0.39, 0.29) is 18.5 Å². The Bertz CT molecular complexity index is 634. The van der Waals surface area contributed by atoms with Crippen molar-refractivity contribution in [3.8, 4) is 0 Å². The summed E-state index contributed by atoms with van der Waals surface area (Å²) in [4.78, 5) is 11.8. The Balaban J connectivity index is 2.56. The quantitative estimate of drug-likeness (QED) is 0.875. The molecule has 0 amide bonds. The summed E-state index contributed by atoms with van der Waals surface area (Å²) in [6.07, 6.45) is 1.80. The molecular weight excluding hydrogens is 259 g/mol. The van der Waals surface area contributed by atoms with Crippen LogP contribution >= 0.6 is 0 Å². The number of nitrogens with two attached hydrogens (primary N) is 1. The third-order valence-electron chi connectivity index (χ3n) is 3.26. The second kappa shape index (κ2) is 5.63. The molecule has 108 valence electrons. The lowest BCUT2D eigenvalue weighted by Crippen LogP contribution is -2.23. The van der Waals surface area contributed by atoms with Gasteiger partial charge in [-0.05, 0) is 39.0 Å². The first kappa shape index (κ1) is 14.5. The first-order chi connectivity index (χ1) is 9.45. The fourth-order valence-corrected chi connectivity index (χ4v) is 2.29. The summed E-state index contributed by atoms with van der Waals surface area (Å²) in [5.74, 6) is -0.784. The second-order valence-corrected chi connectivity index (χ2v) is 4.98. The van der Waals surface area contributed by atoms with Gasteiger partial charge in [-0.15, -0.1) is 0 Å². The molecule has 0 saturated heterocycles. The molecule has 2 aromatic rings. The van der Waals surface area contributed by atoms with Crippen LogP contribution < -0.4 is 5.73 Å². The van der Waals surface area contributed by atoms with Crippen LogP contribution in [0.5, 0.6) is 0 Å². The van der Waals surface area contributed by atoms with Gasteiger partial charge >= 0.3 is 5.97 Å². The molecule has 0 spiro atoms. The van der Waals surface area contributed by atoms with E-state index in [1.807, 2.05) is 18.4 Å². The third kappa shape index (κ3) is 2.54. The van der Waals surface area contributed by atoms with Gasteiger partial charge in [0.25, 0.3) is 0 Å². The second-order valence-electron chi connectivity index (χ2n) is 4.98. The van der Waals surface area contributed by atoms with E-state index in [4.69, 9.17) is 10.5 Å². The Morgan fingerprint density at radius 2 is 2.15 bits per heavy atom. The van der Waals surface area contributed by atoms with Crippen molar-refractivity contribution in [3.63, 3.8) is 0 Å². The largest absolute Gasteiger partial charge is 0.465 e. The molecule has 0 bridgehead atoms. The average molecular weight is 278 g/mol. The number of hydrogen-bond donors (Lipinski definition) is 1. The minimum absolute atomic E-state index is 0.141. The van der Waals surface area contributed by atoms with Gasteiger partial charge < -0.3 is 15.0 Å². The molecule has 2 N–H and O–H groups in total. The van der Waals surface area contributed by atoms with Crippen LogP contribution in [0.25, 0.3) is 10.9 Å². The number of aromatic nitrogens is 1. The van der Waals surface area contributed by atoms with Crippen molar-refractivity contribution in [1.82, 2.24) is 4.57 Å². The van der Waals surface area contributed by atoms with Crippen molar-refractivity contribution in [1.29, 1.82) is 0 Å². The van der Waals surface area contributed by atoms with Crippen LogP contribution in [-0.4, -0.2) is 17.1 Å². The van der Waals surface area contributed by atoms with Gasteiger partial charge in [0, 0.05) is 23.2 Å². The van der Waals surface area contributed by atoms with E-state index in [9.17, 15) is 9.18 Å². The molecule has 1 aromatic carbocycles. The normalized spacial score (nSPS) is 12.9. The summed E-state index contributed by atoms with van der Waals surface area (Å²) in [7, 11) is 0. The number of fused-ring (bicyclic) bond motifs is 1. The highest BCUT2D eigenvalue weighted by Gasteiger charge is 2.22. The number of benzene rings is 1. The zero-order chi connectivity index (χ0) is 14.9. The van der Waals surface area contributed by atoms with Gasteiger partial charge in [-0.1, -0.05) is 0 Å². The van der Waals surface area contributed by atoms with Gasteiger partial charge in [-0.2, -0.15) is 0 Å². The maximum atomic E-state index is 13.4. The molecular formula is C15H19FN2O2. The third-order valence-corrected chi connectivity index (χ3v) is 3.26. The number of carbonyl (C=O) groups excluding carboxylic acids is 1. The number of rotatable bonds is 4. The lowest BCUT2D eigenvalue weighted by atomic mass is 10.1. The van der Waals surface area contributed by atoms with E-state index in [1.165, 1.54) is 12.1 Å². The summed E-state index contributed by atoms with van der Waals surface area (Å²) in [6, 6.07) is 3.76. The van der Waals surface area contributed by atoms with E-state index < -0.39 is 12.0 Å². The van der Waals surface area contributed by atoms with Crippen LogP contribution in [-0.2, 0) is 9.53 Å². The van der Waals surface area contributed by atoms with E-state index in [0.717, 1.165) is 10.9 Å². The number of ether oxygens (including phenoxy) is 1. The first-order valence-electron chi connectivity index (χ1n) is 6.68. The van der Waals surface area contributed by atoms with Crippen LogP contribution in [0.4, 0.5) is 4.39 Å². The predicted octanol–water partition coefficient (Wildman–Crippen LogP) is 2.92. The molecule has 0 fully saturated rings. The van der Waals surface area contributed by atoms with Crippen LogP contribution in [0.2, 0.25) is 0 Å². The molecule has 5 heteroatoms. The molecule has 1 atom stereocenters. The fraction of sp³-hybridized carbons (Fsp3) is 0.400. The maximum Gasteiger partial charge on any atom is 0.327 e. The van der Waals surface area contributed by atoms with Crippen molar-refractivity contribution in [2.45, 2.75) is 32.9 Å². The van der Waals surface area contributed by atoms with Gasteiger partial charge in [-0.3, -0.25) is 0 Å². The fourth-order valence-electron chi connectivity index (χ4n) is 2.29. The Hall–Kier alpha value is -1.88. The molecule has 2 rings (SSSR count). The Morgan fingerprint density at radius 3 is 2.75 bits per heavy atom. The van der Waals surface area contributed by atoms with Gasteiger partial charge in [0.15, 0.2) is 0 Å². The van der Waals surface area contributed by atoms with Crippen molar-refractivity contribution in [2.75, 3.05) is 6.61 Å². The zero-order valence-corrected chi connectivity index (χ0v) is 11.9. The summed E-state index contributed by atoms with van der Waals surface area (Å²) in [6.45, 7) is 6.00. The number of carbonyl (C=O) groups is 1. The molecule has 1 aromatic heterocycles. The van der Waals surface area contributed by atoms with Gasteiger partial charge in [-0.25, -0.2) is 9.18 Å². The number of hydrogen-bond acceptors (Lipinski definition) is 3. The van der Waals surface area contributed by atoms with Crippen LogP contribution in [0, 0.1) is 5.82 Å². The minimum atomic E-state index is -0.858. The molecule has 20 heavy (non-hydrogen) atoms. The van der Waals surface area contributed by atoms with Crippen LogP contribution in [0.15, 0.2) is 24.4 Å². The number of halogens is 1. The first-order valence-corrected chi connectivity index (χ1v) is 6.68. The number of esters is 1. The Labute approximate surface area is 117 Å². The van der Waals surface area contributed by atoms with E-state index in [2.05, 4.69) is 0 Å². The topological polar surface area (TPSA) is 57.2 Å². The van der Waals surface area contributed by atoms with Crippen molar-refractivity contribution in [2.24, 2.45) is 5.73 Å². The molecule has 0 aliphatic rings. The SMILES string of the molecule is CCOC(=O)C(N)c1cn(C(C)C)c2cc(F)ccc12. The molecule has 1 unspecified atom stereocenters. The highest BCUT2D eigenvalue weighted by Crippen LogP contribution is 2.29. The Morgan fingerprint density at radius 1 is 1.45 bits per heavy atom. The molecule has 4 nitrogen and oxygen atoms in total. The zero-order valence-electron chi connectivity index (χ0n) is 11.9. The van der Waals surface area contributed by atoms with Crippen molar-refractivity contribution >= 4 is 16.9 Å². The summed E-state index contributed by atoms with van der Waals surface area (Å²) >= 11 is 0. The number of nitrogens with zero attached hydrogens (tertiary/aromatic N) is 1. The molecule has 1 heterocycles. The lowest BCUT2D eigenvalue weighted by Gasteiger charge is -2.10. The standard InChI is InChI=1S/C15H19FN2O2/c1-4-20-15(19)14(17)12-8-18(9(2)3)13-7-10(16)5-6-11(12)13/h5-9,14H,4,17H2,1-3H3. The maximum absolute atomic E-state index is 13.4. The van der Waals surface area contributed by atoms with Gasteiger partial charge in [0.05, 0.1) is 12.1 Å². The highest BCUT2D eigenvalue weighted by atomic mass is 19.1.